The van der Waals surface area contributed by atoms with E-state index in [9.17, 15) is 0 Å². The van der Waals surface area contributed by atoms with Crippen molar-refractivity contribution in [2.45, 2.75) is 45.2 Å². The maximum Gasteiger partial charge on any atom is 0.0486 e. The third-order valence-corrected chi connectivity index (χ3v) is 4.17. The first-order valence-electron chi connectivity index (χ1n) is 7.74. The van der Waals surface area contributed by atoms with E-state index in [0.717, 1.165) is 32.0 Å². The summed E-state index contributed by atoms with van der Waals surface area (Å²) < 4.78 is 2.35. The zero-order valence-corrected chi connectivity index (χ0v) is 12.4. The molecule has 0 bridgehead atoms. The van der Waals surface area contributed by atoms with Crippen molar-refractivity contribution >= 4 is 10.9 Å². The molecule has 1 saturated carbocycles. The van der Waals surface area contributed by atoms with Gasteiger partial charge in [-0.3, -0.25) is 0 Å². The van der Waals surface area contributed by atoms with Crippen molar-refractivity contribution in [1.82, 2.24) is 9.88 Å². The van der Waals surface area contributed by atoms with Crippen LogP contribution in [0.1, 0.15) is 31.7 Å². The van der Waals surface area contributed by atoms with E-state index in [-0.39, 0.29) is 0 Å². The number of benzene rings is 1. The molecule has 20 heavy (non-hydrogen) atoms. The molecule has 1 heterocycles. The van der Waals surface area contributed by atoms with E-state index in [1.807, 2.05) is 0 Å². The third kappa shape index (κ3) is 2.96. The molecule has 0 unspecified atom stereocenters. The molecule has 3 rings (SSSR count). The van der Waals surface area contributed by atoms with E-state index >= 15 is 0 Å². The predicted octanol–water partition coefficient (Wildman–Crippen LogP) is 3.90. The number of nitrogens with one attached hydrogen (secondary N) is 1. The van der Waals surface area contributed by atoms with Gasteiger partial charge in [0.2, 0.25) is 0 Å². The van der Waals surface area contributed by atoms with Crippen LogP contribution in [0.15, 0.2) is 42.6 Å². The van der Waals surface area contributed by atoms with Crippen LogP contribution in [0.3, 0.4) is 0 Å². The largest absolute Gasteiger partial charge is 0.343 e. The van der Waals surface area contributed by atoms with Gasteiger partial charge < -0.3 is 9.88 Å². The summed E-state index contributed by atoms with van der Waals surface area (Å²) in [7, 11) is 0. The maximum absolute atomic E-state index is 4.14. The summed E-state index contributed by atoms with van der Waals surface area (Å²) in [4.78, 5) is 0. The van der Waals surface area contributed by atoms with Gasteiger partial charge >= 0.3 is 0 Å². The zero-order valence-electron chi connectivity index (χ0n) is 12.4. The molecule has 0 radical (unpaired) electrons. The Kier molecular flexibility index (Phi) is 3.93. The Morgan fingerprint density at radius 3 is 2.90 bits per heavy atom. The summed E-state index contributed by atoms with van der Waals surface area (Å²) in [6, 6.07) is 9.52. The van der Waals surface area contributed by atoms with Crippen LogP contribution in [0, 0.1) is 0 Å². The first-order chi connectivity index (χ1) is 9.78. The van der Waals surface area contributed by atoms with Gasteiger partial charge in [-0.05, 0) is 43.9 Å². The first kappa shape index (κ1) is 13.4. The highest BCUT2D eigenvalue weighted by molar-refractivity contribution is 5.84. The Labute approximate surface area is 121 Å². The molecule has 1 aromatic heterocycles. The van der Waals surface area contributed by atoms with Crippen LogP contribution in [0.25, 0.3) is 10.9 Å². The molecule has 0 spiro atoms. The van der Waals surface area contributed by atoms with E-state index in [0.29, 0.717) is 0 Å². The molecule has 106 valence electrons. The number of fused-ring (bicyclic) bond motifs is 1. The monoisotopic (exact) mass is 268 g/mol. The Morgan fingerprint density at radius 2 is 2.15 bits per heavy atom. The van der Waals surface area contributed by atoms with Gasteiger partial charge in [0.15, 0.2) is 0 Å². The molecule has 0 aliphatic heterocycles. The normalized spacial score (nSPS) is 14.8. The molecule has 0 atom stereocenters. The molecule has 1 aliphatic rings. The topological polar surface area (TPSA) is 17.0 Å². The predicted molar refractivity (Wildman–Crippen MR) is 86.1 cm³/mol. The second-order valence-corrected chi connectivity index (χ2v) is 5.88. The lowest BCUT2D eigenvalue weighted by atomic mass is 10.1. The summed E-state index contributed by atoms with van der Waals surface area (Å²) in [5.74, 6) is 0. The van der Waals surface area contributed by atoms with Crippen LogP contribution in [-0.2, 0) is 13.0 Å². The molecule has 1 aromatic carbocycles. The number of aromatic nitrogens is 1. The number of hydrogen-bond donors (Lipinski definition) is 1. The molecule has 2 aromatic rings. The Hall–Kier alpha value is -1.54. The molecule has 1 fully saturated rings. The third-order valence-electron chi connectivity index (χ3n) is 4.17. The number of nitrogens with zero attached hydrogens (tertiary/aromatic N) is 1. The number of rotatable bonds is 7. The highest BCUT2D eigenvalue weighted by atomic mass is 15.0. The minimum absolute atomic E-state index is 0.795. The van der Waals surface area contributed by atoms with Crippen molar-refractivity contribution in [3.8, 4) is 0 Å². The fraction of sp³-hybridized carbons (Fsp3) is 0.444. The molecule has 2 heteroatoms. The lowest BCUT2D eigenvalue weighted by Gasteiger charge is -2.06. The van der Waals surface area contributed by atoms with Gasteiger partial charge in [0.05, 0.1) is 0 Å². The summed E-state index contributed by atoms with van der Waals surface area (Å²) in [6.45, 7) is 8.35. The summed E-state index contributed by atoms with van der Waals surface area (Å²) in [5.41, 5.74) is 4.08. The van der Waals surface area contributed by atoms with Crippen LogP contribution >= 0.6 is 0 Å². The van der Waals surface area contributed by atoms with Crippen LogP contribution in [0.5, 0.6) is 0 Å². The first-order valence-corrected chi connectivity index (χ1v) is 7.74. The van der Waals surface area contributed by atoms with Crippen molar-refractivity contribution in [3.05, 3.63) is 48.2 Å². The van der Waals surface area contributed by atoms with E-state index in [1.165, 1.54) is 34.9 Å². The average molecular weight is 268 g/mol. The second kappa shape index (κ2) is 5.84. The van der Waals surface area contributed by atoms with Gasteiger partial charge in [-0.15, -0.1) is 0 Å². The van der Waals surface area contributed by atoms with Crippen LogP contribution in [-0.4, -0.2) is 17.2 Å². The number of para-hydroxylation sites is 1. The Morgan fingerprint density at radius 1 is 1.35 bits per heavy atom. The lowest BCUT2D eigenvalue weighted by Crippen LogP contribution is -2.19. The van der Waals surface area contributed by atoms with Crippen LogP contribution in [0.2, 0.25) is 0 Å². The molecule has 1 aliphatic carbocycles. The van der Waals surface area contributed by atoms with E-state index in [2.05, 4.69) is 53.8 Å². The van der Waals surface area contributed by atoms with Crippen LogP contribution < -0.4 is 5.32 Å². The summed E-state index contributed by atoms with van der Waals surface area (Å²) in [6.07, 6.45) is 7.20. The van der Waals surface area contributed by atoms with Gasteiger partial charge in [-0.1, -0.05) is 37.3 Å². The molecule has 2 nitrogen and oxygen atoms in total. The van der Waals surface area contributed by atoms with E-state index in [1.54, 1.807) is 0 Å². The van der Waals surface area contributed by atoms with Gasteiger partial charge in [0.1, 0.15) is 0 Å². The highest BCUT2D eigenvalue weighted by Crippen LogP contribution is 2.23. The zero-order chi connectivity index (χ0) is 13.9. The van der Waals surface area contributed by atoms with Crippen molar-refractivity contribution < 1.29 is 0 Å². The van der Waals surface area contributed by atoms with Crippen molar-refractivity contribution in [3.63, 3.8) is 0 Å². The Bertz CT molecular complexity index is 605. The van der Waals surface area contributed by atoms with Crippen molar-refractivity contribution in [1.29, 1.82) is 0 Å². The maximum atomic E-state index is 4.14. The summed E-state index contributed by atoms with van der Waals surface area (Å²) >= 11 is 0. The second-order valence-electron chi connectivity index (χ2n) is 5.88. The quantitative estimate of drug-likeness (QED) is 0.754. The van der Waals surface area contributed by atoms with Gasteiger partial charge in [0, 0.05) is 29.7 Å². The molecule has 0 amide bonds. The molecular formula is C18H24N2. The number of hydrogen-bond acceptors (Lipinski definition) is 1. The fourth-order valence-corrected chi connectivity index (χ4v) is 2.70. The fourth-order valence-electron chi connectivity index (χ4n) is 2.70. The van der Waals surface area contributed by atoms with E-state index in [4.69, 9.17) is 0 Å². The minimum Gasteiger partial charge on any atom is -0.343 e. The van der Waals surface area contributed by atoms with Gasteiger partial charge in [0.25, 0.3) is 0 Å². The lowest BCUT2D eigenvalue weighted by molar-refractivity contribution is 0.681. The van der Waals surface area contributed by atoms with E-state index < -0.39 is 0 Å². The molecular weight excluding hydrogens is 244 g/mol. The number of allylic oxidation sites excluding steroid dienone is 1. The van der Waals surface area contributed by atoms with Gasteiger partial charge in [-0.2, -0.15) is 0 Å². The smallest absolute Gasteiger partial charge is 0.0486 e. The molecule has 0 saturated heterocycles. The van der Waals surface area contributed by atoms with Crippen molar-refractivity contribution in [2.75, 3.05) is 6.54 Å². The van der Waals surface area contributed by atoms with Crippen molar-refractivity contribution in [2.24, 2.45) is 0 Å². The standard InChI is InChI=1S/C18H24N2/c1-3-14(2)12-20-13-15(10-11-19-16-8-9-16)17-6-4-5-7-18(17)20/h4-7,13,16,19H,2-3,8-12H2,1H3. The SMILES string of the molecule is C=C(CC)Cn1cc(CCNC2CC2)c2ccccc21. The highest BCUT2D eigenvalue weighted by Gasteiger charge is 2.20. The Balaban J connectivity index is 1.80. The average Bonchev–Trinajstić information content (AvgIpc) is 3.23. The molecule has 1 N–H and O–H groups in total. The van der Waals surface area contributed by atoms with Crippen LogP contribution in [0.4, 0.5) is 0 Å². The summed E-state index contributed by atoms with van der Waals surface area (Å²) in [5, 5.41) is 5.00. The minimum atomic E-state index is 0.795. The van der Waals surface area contributed by atoms with Gasteiger partial charge in [-0.25, -0.2) is 0 Å².